The molecule has 0 saturated heterocycles. The molecule has 2 N–H and O–H groups in total. The lowest BCUT2D eigenvalue weighted by molar-refractivity contribution is -0.119. The number of methoxy groups -OCH3 is 1. The summed E-state index contributed by atoms with van der Waals surface area (Å²) in [5.74, 6) is 1.19. The van der Waals surface area contributed by atoms with Gasteiger partial charge in [0.2, 0.25) is 0 Å². The molecule has 0 radical (unpaired) electrons. The number of hydrogen-bond acceptors (Lipinski definition) is 3. The zero-order valence-corrected chi connectivity index (χ0v) is 10.7. The molecule has 0 unspecified atom stereocenters. The molecule has 17 heavy (non-hydrogen) atoms. The van der Waals surface area contributed by atoms with Gasteiger partial charge in [-0.25, -0.2) is 0 Å². The van der Waals surface area contributed by atoms with Gasteiger partial charge in [0, 0.05) is 12.8 Å². The summed E-state index contributed by atoms with van der Waals surface area (Å²) < 4.78 is 5.20. The third-order valence-corrected chi connectivity index (χ3v) is 2.81. The van der Waals surface area contributed by atoms with Crippen molar-refractivity contribution in [2.24, 2.45) is 5.73 Å². The smallest absolute Gasteiger partial charge is 0.133 e. The summed E-state index contributed by atoms with van der Waals surface area (Å²) in [6.07, 6.45) is 2.80. The van der Waals surface area contributed by atoms with Crippen molar-refractivity contribution in [2.45, 2.75) is 32.6 Å². The number of aryl methyl sites for hydroxylation is 2. The van der Waals surface area contributed by atoms with Crippen LogP contribution in [0.4, 0.5) is 0 Å². The summed E-state index contributed by atoms with van der Waals surface area (Å²) in [5.41, 5.74) is 7.66. The van der Waals surface area contributed by atoms with Crippen molar-refractivity contribution in [1.29, 1.82) is 0 Å². The molecule has 0 saturated carbocycles. The lowest BCUT2D eigenvalue weighted by atomic mass is 10.0. The molecule has 1 aromatic carbocycles. The molecule has 1 rings (SSSR count). The van der Waals surface area contributed by atoms with E-state index in [4.69, 9.17) is 10.5 Å². The zero-order chi connectivity index (χ0) is 12.7. The quantitative estimate of drug-likeness (QED) is 0.788. The van der Waals surface area contributed by atoms with E-state index in [0.29, 0.717) is 25.2 Å². The average Bonchev–Trinajstić information content (AvgIpc) is 2.34. The lowest BCUT2D eigenvalue weighted by Gasteiger charge is -2.07. The van der Waals surface area contributed by atoms with Crippen LogP contribution in [0.1, 0.15) is 30.4 Å². The first-order chi connectivity index (χ1) is 8.17. The Balaban J connectivity index is 2.47. The number of hydrogen-bond donors (Lipinski definition) is 1. The van der Waals surface area contributed by atoms with Gasteiger partial charge in [-0.2, -0.15) is 0 Å². The van der Waals surface area contributed by atoms with Crippen LogP contribution < -0.4 is 10.5 Å². The van der Waals surface area contributed by atoms with E-state index in [1.165, 1.54) is 5.56 Å². The Labute approximate surface area is 103 Å². The van der Waals surface area contributed by atoms with E-state index in [1.807, 2.05) is 19.1 Å². The van der Waals surface area contributed by atoms with Crippen LogP contribution in [0.15, 0.2) is 18.2 Å². The van der Waals surface area contributed by atoms with Crippen LogP contribution >= 0.6 is 0 Å². The number of ketones is 1. The highest BCUT2D eigenvalue weighted by Gasteiger charge is 2.04. The van der Waals surface area contributed by atoms with Gasteiger partial charge in [0.15, 0.2) is 0 Å². The number of nitrogens with two attached hydrogens (primary N) is 1. The normalized spacial score (nSPS) is 10.3. The summed E-state index contributed by atoms with van der Waals surface area (Å²) >= 11 is 0. The van der Waals surface area contributed by atoms with Crippen LogP contribution in [0.2, 0.25) is 0 Å². The zero-order valence-electron chi connectivity index (χ0n) is 10.7. The van der Waals surface area contributed by atoms with Gasteiger partial charge < -0.3 is 10.5 Å². The third kappa shape index (κ3) is 4.57. The summed E-state index contributed by atoms with van der Waals surface area (Å²) in [5, 5.41) is 0. The fourth-order valence-electron chi connectivity index (χ4n) is 1.80. The molecule has 0 aliphatic heterocycles. The number of Topliss-reactive ketones (excluding diaryl/α,β-unsaturated/α-hetero) is 1. The molecule has 0 aliphatic carbocycles. The van der Waals surface area contributed by atoms with E-state index in [-0.39, 0.29) is 0 Å². The van der Waals surface area contributed by atoms with Crippen molar-refractivity contribution in [3.63, 3.8) is 0 Å². The molecule has 0 amide bonds. The summed E-state index contributed by atoms with van der Waals surface area (Å²) in [7, 11) is 1.67. The lowest BCUT2D eigenvalue weighted by Crippen LogP contribution is -2.05. The first-order valence-corrected chi connectivity index (χ1v) is 6.02. The van der Waals surface area contributed by atoms with Crippen LogP contribution in [0.25, 0.3) is 0 Å². The molecule has 3 heteroatoms. The minimum atomic E-state index is 0.295. The van der Waals surface area contributed by atoms with Crippen LogP contribution in [-0.4, -0.2) is 19.4 Å². The number of carbonyl (C=O) groups is 1. The Morgan fingerprint density at radius 3 is 2.71 bits per heavy atom. The first-order valence-electron chi connectivity index (χ1n) is 6.02. The predicted octanol–water partition coefficient (Wildman–Crippen LogP) is 2.24. The van der Waals surface area contributed by atoms with E-state index in [2.05, 4.69) is 6.07 Å². The monoisotopic (exact) mass is 235 g/mol. The van der Waals surface area contributed by atoms with E-state index >= 15 is 0 Å². The summed E-state index contributed by atoms with van der Waals surface area (Å²) in [4.78, 5) is 11.5. The van der Waals surface area contributed by atoms with E-state index in [0.717, 1.165) is 24.2 Å². The molecule has 0 heterocycles. The van der Waals surface area contributed by atoms with Crippen LogP contribution in [0.5, 0.6) is 5.75 Å². The Morgan fingerprint density at radius 1 is 1.35 bits per heavy atom. The highest BCUT2D eigenvalue weighted by Crippen LogP contribution is 2.19. The second kappa shape index (κ2) is 7.07. The first kappa shape index (κ1) is 13.7. The van der Waals surface area contributed by atoms with Crippen LogP contribution in [0.3, 0.4) is 0 Å². The van der Waals surface area contributed by atoms with Crippen molar-refractivity contribution in [1.82, 2.24) is 0 Å². The topological polar surface area (TPSA) is 52.3 Å². The Kier molecular flexibility index (Phi) is 5.70. The molecule has 0 spiro atoms. The molecule has 0 fully saturated rings. The third-order valence-electron chi connectivity index (χ3n) is 2.81. The number of rotatable bonds is 7. The predicted molar refractivity (Wildman–Crippen MR) is 69.3 cm³/mol. The maximum absolute atomic E-state index is 11.5. The minimum absolute atomic E-state index is 0.295. The minimum Gasteiger partial charge on any atom is -0.496 e. The van der Waals surface area contributed by atoms with Crippen molar-refractivity contribution in [3.8, 4) is 5.75 Å². The van der Waals surface area contributed by atoms with E-state index in [9.17, 15) is 4.79 Å². The highest BCUT2D eigenvalue weighted by molar-refractivity contribution is 5.78. The van der Waals surface area contributed by atoms with Gasteiger partial charge in [-0.1, -0.05) is 12.1 Å². The second-order valence-corrected chi connectivity index (χ2v) is 4.23. The maximum Gasteiger partial charge on any atom is 0.133 e. The van der Waals surface area contributed by atoms with E-state index < -0.39 is 0 Å². The molecule has 0 aromatic heterocycles. The van der Waals surface area contributed by atoms with Gasteiger partial charge >= 0.3 is 0 Å². The van der Waals surface area contributed by atoms with Crippen molar-refractivity contribution >= 4 is 5.78 Å². The Hall–Kier alpha value is -1.35. The fourth-order valence-corrected chi connectivity index (χ4v) is 1.80. The van der Waals surface area contributed by atoms with E-state index in [1.54, 1.807) is 7.11 Å². The highest BCUT2D eigenvalue weighted by atomic mass is 16.5. The second-order valence-electron chi connectivity index (χ2n) is 4.23. The van der Waals surface area contributed by atoms with Gasteiger partial charge in [0.1, 0.15) is 11.5 Å². The standard InChI is InChI=1S/C14H21NO2/c1-11-10-12(6-8-14(11)17-2)5-7-13(16)4-3-9-15/h6,8,10H,3-5,7,9,15H2,1-2H3. The van der Waals surface area contributed by atoms with Crippen molar-refractivity contribution in [2.75, 3.05) is 13.7 Å². The van der Waals surface area contributed by atoms with Gasteiger partial charge in [-0.3, -0.25) is 4.79 Å². The largest absolute Gasteiger partial charge is 0.496 e. The van der Waals surface area contributed by atoms with Gasteiger partial charge in [0.05, 0.1) is 7.11 Å². The van der Waals surface area contributed by atoms with Crippen molar-refractivity contribution < 1.29 is 9.53 Å². The molecule has 3 nitrogen and oxygen atoms in total. The number of ether oxygens (including phenoxy) is 1. The Morgan fingerprint density at radius 2 is 2.12 bits per heavy atom. The number of carbonyl (C=O) groups excluding carboxylic acids is 1. The van der Waals surface area contributed by atoms with Gasteiger partial charge in [0.25, 0.3) is 0 Å². The molecule has 94 valence electrons. The maximum atomic E-state index is 11.5. The Bertz CT molecular complexity index is 374. The van der Waals surface area contributed by atoms with Gasteiger partial charge in [-0.15, -0.1) is 0 Å². The fraction of sp³-hybridized carbons (Fsp3) is 0.500. The SMILES string of the molecule is COc1ccc(CCC(=O)CCCN)cc1C. The summed E-state index contributed by atoms with van der Waals surface area (Å²) in [6.45, 7) is 2.60. The molecular formula is C14H21NO2. The summed E-state index contributed by atoms with van der Waals surface area (Å²) in [6, 6.07) is 6.05. The van der Waals surface area contributed by atoms with Crippen LogP contribution in [-0.2, 0) is 11.2 Å². The van der Waals surface area contributed by atoms with Crippen molar-refractivity contribution in [3.05, 3.63) is 29.3 Å². The molecule has 1 aromatic rings. The molecule has 0 atom stereocenters. The average molecular weight is 235 g/mol. The molecule has 0 bridgehead atoms. The van der Waals surface area contributed by atoms with Gasteiger partial charge in [-0.05, 0) is 43.5 Å². The molecular weight excluding hydrogens is 214 g/mol. The van der Waals surface area contributed by atoms with Crippen LogP contribution in [0, 0.1) is 6.92 Å². The number of benzene rings is 1. The molecule has 0 aliphatic rings.